The summed E-state index contributed by atoms with van der Waals surface area (Å²) in [4.78, 5) is 13.1. The van der Waals surface area contributed by atoms with Crippen LogP contribution in [0.1, 0.15) is 57.0 Å². The smallest absolute Gasteiger partial charge is 0.342 e. The van der Waals surface area contributed by atoms with E-state index in [2.05, 4.69) is 0 Å². The maximum Gasteiger partial charge on any atom is 0.342 e. The number of hydrogen-bond donors (Lipinski definition) is 1. The van der Waals surface area contributed by atoms with Crippen LogP contribution in [-0.4, -0.2) is 49.1 Å². The molecule has 0 aliphatic carbocycles. The van der Waals surface area contributed by atoms with Crippen LogP contribution in [0.5, 0.6) is 11.5 Å². The number of esters is 1. The Hall–Kier alpha value is -2.42. The molecule has 3 rings (SSSR count). The number of cyclic esters (lactones) is 1. The third kappa shape index (κ3) is 5.93. The molecule has 0 bridgehead atoms. The van der Waals surface area contributed by atoms with Gasteiger partial charge in [0.2, 0.25) is 0 Å². The number of hydrogen-bond acceptors (Lipinski definition) is 7. The fourth-order valence-corrected chi connectivity index (χ4v) is 4.04. The van der Waals surface area contributed by atoms with Crippen molar-refractivity contribution in [3.63, 3.8) is 0 Å². The molecule has 0 radical (unpaired) electrons. The molecule has 1 aromatic carbocycles. The zero-order valence-electron chi connectivity index (χ0n) is 20.0. The van der Waals surface area contributed by atoms with Crippen molar-refractivity contribution in [3.8, 4) is 11.5 Å². The lowest BCUT2D eigenvalue weighted by Gasteiger charge is -2.24. The summed E-state index contributed by atoms with van der Waals surface area (Å²) in [5.41, 5.74) is 0.572. The van der Waals surface area contributed by atoms with Crippen molar-refractivity contribution >= 4 is 12.0 Å². The molecule has 1 N–H and O–H groups in total. The van der Waals surface area contributed by atoms with Crippen LogP contribution in [0.2, 0.25) is 0 Å². The number of carbonyl (C=O) groups is 1. The molecule has 0 aromatic heterocycles. The second-order valence-corrected chi connectivity index (χ2v) is 9.05. The molecule has 0 spiro atoms. The molecule has 1 saturated heterocycles. The van der Waals surface area contributed by atoms with Gasteiger partial charge < -0.3 is 28.8 Å². The normalized spacial score (nSPS) is 31.5. The number of phenols is 1. The number of rotatable bonds is 3. The highest BCUT2D eigenvalue weighted by Crippen LogP contribution is 2.38. The topological polar surface area (TPSA) is 83.5 Å². The molecule has 3 unspecified atom stereocenters. The second-order valence-electron chi connectivity index (χ2n) is 9.05. The van der Waals surface area contributed by atoms with E-state index in [0.29, 0.717) is 12.0 Å². The van der Waals surface area contributed by atoms with Crippen LogP contribution in [0.15, 0.2) is 30.1 Å². The number of carbonyl (C=O) groups excluding carboxylic acids is 1. The molecular weight excluding hydrogens is 431 g/mol. The second kappa shape index (κ2) is 10.2. The van der Waals surface area contributed by atoms with E-state index < -0.39 is 41.9 Å². The first-order chi connectivity index (χ1) is 15.5. The number of ether oxygens (including phenoxy) is 5. The minimum atomic E-state index is -0.846. The lowest BCUT2D eigenvalue weighted by Crippen LogP contribution is -2.30. The first kappa shape index (κ1) is 25.2. The molecule has 5 atom stereocenters. The van der Waals surface area contributed by atoms with Gasteiger partial charge in [-0.3, -0.25) is 0 Å². The van der Waals surface area contributed by atoms with E-state index in [4.69, 9.17) is 23.7 Å². The van der Waals surface area contributed by atoms with Crippen LogP contribution in [0.3, 0.4) is 0 Å². The molecule has 33 heavy (non-hydrogen) atoms. The van der Waals surface area contributed by atoms with Gasteiger partial charge in [0.15, 0.2) is 12.6 Å². The zero-order valence-corrected chi connectivity index (χ0v) is 20.0. The van der Waals surface area contributed by atoms with Gasteiger partial charge in [-0.25, -0.2) is 9.18 Å². The van der Waals surface area contributed by atoms with Gasteiger partial charge in [0.1, 0.15) is 29.0 Å². The summed E-state index contributed by atoms with van der Waals surface area (Å²) >= 11 is 0. The van der Waals surface area contributed by atoms with Crippen LogP contribution < -0.4 is 4.74 Å². The van der Waals surface area contributed by atoms with Gasteiger partial charge in [-0.05, 0) is 44.9 Å². The van der Waals surface area contributed by atoms with Crippen LogP contribution in [0.25, 0.3) is 6.08 Å². The molecule has 182 valence electrons. The zero-order chi connectivity index (χ0) is 24.3. The van der Waals surface area contributed by atoms with E-state index >= 15 is 4.39 Å². The fraction of sp³-hybridized carbons (Fsp3) is 0.560. The Balaban J connectivity index is 2.07. The van der Waals surface area contributed by atoms with Crippen molar-refractivity contribution in [1.29, 1.82) is 0 Å². The van der Waals surface area contributed by atoms with Crippen molar-refractivity contribution in [2.45, 2.75) is 65.1 Å². The van der Waals surface area contributed by atoms with Gasteiger partial charge in [-0.15, -0.1) is 0 Å². The van der Waals surface area contributed by atoms with E-state index in [1.54, 1.807) is 46.8 Å². The Kier molecular flexibility index (Phi) is 7.82. The van der Waals surface area contributed by atoms with Crippen LogP contribution >= 0.6 is 0 Å². The van der Waals surface area contributed by atoms with E-state index in [9.17, 15) is 9.90 Å². The van der Waals surface area contributed by atoms with Crippen LogP contribution in [0, 0.1) is 11.8 Å². The minimum Gasteiger partial charge on any atom is -0.508 e. The summed E-state index contributed by atoms with van der Waals surface area (Å²) in [6, 6.07) is 2.79. The molecule has 0 amide bonds. The maximum atomic E-state index is 15.2. The van der Waals surface area contributed by atoms with E-state index in [1.165, 1.54) is 25.3 Å². The standard InChI is InChI=1S/C25H33FO7/c1-14-10-19(26)15(2)23-20(32-25(4,5)33-23)9-7-8-17-11-18(27)12-21(30-13-29-6)22(17)24(28)31-16(14)3/h7-8,10-12,14-16,20,23,27H,9,13H2,1-6H3/b8-7?,19-10+/t14-,15?,16+,20?,23?/m1/s1. The average Bonchev–Trinajstić information content (AvgIpc) is 3.04. The monoisotopic (exact) mass is 464 g/mol. The van der Waals surface area contributed by atoms with Crippen molar-refractivity contribution in [2.75, 3.05) is 13.9 Å². The molecule has 2 heterocycles. The quantitative estimate of drug-likeness (QED) is 0.499. The minimum absolute atomic E-state index is 0.0714. The summed E-state index contributed by atoms with van der Waals surface area (Å²) in [5.74, 6) is -2.70. The Morgan fingerprint density at radius 2 is 1.94 bits per heavy atom. The van der Waals surface area contributed by atoms with Gasteiger partial charge >= 0.3 is 5.97 Å². The number of fused-ring (bicyclic) bond motifs is 2. The SMILES string of the molecule is COCOc1cc(O)cc2c1C(=O)O[C@@H](C)[C@H](C)/C=C(/F)C(C)C1OC(C)(C)OC1CC=C2. The number of benzene rings is 1. The van der Waals surface area contributed by atoms with Crippen LogP contribution in [-0.2, 0) is 18.9 Å². The molecule has 1 fully saturated rings. The summed E-state index contributed by atoms with van der Waals surface area (Å²) in [5, 5.41) is 10.2. The lowest BCUT2D eigenvalue weighted by atomic mass is 9.93. The lowest BCUT2D eigenvalue weighted by molar-refractivity contribution is -0.149. The Morgan fingerprint density at radius 3 is 2.64 bits per heavy atom. The summed E-state index contributed by atoms with van der Waals surface area (Å²) in [6.07, 6.45) is 3.88. The fourth-order valence-electron chi connectivity index (χ4n) is 4.04. The van der Waals surface area contributed by atoms with Gasteiger partial charge in [0.05, 0.1) is 12.2 Å². The Bertz CT molecular complexity index is 924. The third-order valence-electron chi connectivity index (χ3n) is 5.92. The summed E-state index contributed by atoms with van der Waals surface area (Å²) in [7, 11) is 1.45. The molecular formula is C25H33FO7. The van der Waals surface area contributed by atoms with E-state index in [-0.39, 0.29) is 29.7 Å². The summed E-state index contributed by atoms with van der Waals surface area (Å²) in [6.45, 7) is 8.74. The third-order valence-corrected chi connectivity index (χ3v) is 5.92. The van der Waals surface area contributed by atoms with E-state index in [0.717, 1.165) is 0 Å². The van der Waals surface area contributed by atoms with Crippen LogP contribution in [0.4, 0.5) is 4.39 Å². The first-order valence-electron chi connectivity index (χ1n) is 11.1. The number of methoxy groups -OCH3 is 1. The molecule has 7 nitrogen and oxygen atoms in total. The highest BCUT2D eigenvalue weighted by Gasteiger charge is 2.44. The predicted molar refractivity (Wildman–Crippen MR) is 120 cm³/mol. The molecule has 2 aliphatic rings. The molecule has 2 aliphatic heterocycles. The number of aromatic hydroxyl groups is 1. The van der Waals surface area contributed by atoms with E-state index in [1.807, 2.05) is 0 Å². The highest BCUT2D eigenvalue weighted by atomic mass is 19.1. The van der Waals surface area contributed by atoms with Gasteiger partial charge in [-0.1, -0.05) is 26.0 Å². The Labute approximate surface area is 194 Å². The maximum absolute atomic E-state index is 15.2. The van der Waals surface area contributed by atoms with Gasteiger partial charge in [0, 0.05) is 25.0 Å². The van der Waals surface area contributed by atoms with Crippen molar-refractivity contribution < 1.29 is 38.0 Å². The first-order valence-corrected chi connectivity index (χ1v) is 11.1. The molecule has 0 saturated carbocycles. The van der Waals surface area contributed by atoms with Gasteiger partial charge in [-0.2, -0.15) is 0 Å². The summed E-state index contributed by atoms with van der Waals surface area (Å²) < 4.78 is 43.4. The van der Waals surface area contributed by atoms with Crippen molar-refractivity contribution in [3.05, 3.63) is 41.2 Å². The average molecular weight is 465 g/mol. The van der Waals surface area contributed by atoms with Gasteiger partial charge in [0.25, 0.3) is 0 Å². The molecule has 1 aromatic rings. The predicted octanol–water partition coefficient (Wildman–Crippen LogP) is 4.98. The number of phenolic OH excluding ortho intramolecular Hbond substituents is 1. The largest absolute Gasteiger partial charge is 0.508 e. The highest BCUT2D eigenvalue weighted by molar-refractivity contribution is 5.97. The number of halogens is 1. The van der Waals surface area contributed by atoms with Crippen molar-refractivity contribution in [1.82, 2.24) is 0 Å². The Morgan fingerprint density at radius 1 is 1.21 bits per heavy atom. The molecule has 8 heteroatoms. The van der Waals surface area contributed by atoms with Crippen molar-refractivity contribution in [2.24, 2.45) is 11.8 Å².